The minimum absolute atomic E-state index is 0.661. The third-order valence-electron chi connectivity index (χ3n) is 5.21. The number of hydrogen-bond acceptors (Lipinski definition) is 2. The van der Waals surface area contributed by atoms with Crippen LogP contribution in [0.25, 0.3) is 45.0 Å². The molecule has 0 saturated heterocycles. The lowest BCUT2D eigenvalue weighted by molar-refractivity contribution is 1.18. The van der Waals surface area contributed by atoms with Gasteiger partial charge in [0.05, 0.1) is 11.4 Å². The Labute approximate surface area is 183 Å². The first kappa shape index (κ1) is 19.0. The van der Waals surface area contributed by atoms with Gasteiger partial charge in [-0.1, -0.05) is 109 Å². The molecule has 31 heavy (non-hydrogen) atoms. The van der Waals surface area contributed by atoms with Gasteiger partial charge in [0.15, 0.2) is 5.82 Å². The van der Waals surface area contributed by atoms with Crippen molar-refractivity contribution < 1.29 is 0 Å². The van der Waals surface area contributed by atoms with Gasteiger partial charge in [0.1, 0.15) is 7.85 Å². The first-order valence-electron chi connectivity index (χ1n) is 10.2. The molecule has 0 saturated carbocycles. The van der Waals surface area contributed by atoms with E-state index in [9.17, 15) is 0 Å². The van der Waals surface area contributed by atoms with Gasteiger partial charge in [0, 0.05) is 16.7 Å². The minimum atomic E-state index is 0.661. The molecule has 0 aliphatic carbocycles. The van der Waals surface area contributed by atoms with Crippen molar-refractivity contribution in [1.82, 2.24) is 9.97 Å². The predicted octanol–water partition coefficient (Wildman–Crippen LogP) is 5.94. The highest BCUT2D eigenvalue weighted by Crippen LogP contribution is 2.29. The molecule has 5 rings (SSSR count). The summed E-state index contributed by atoms with van der Waals surface area (Å²) in [5.41, 5.74) is 7.79. The average molecular weight is 394 g/mol. The Morgan fingerprint density at radius 2 is 0.968 bits per heavy atom. The molecule has 0 unspecified atom stereocenters. The van der Waals surface area contributed by atoms with E-state index in [0.717, 1.165) is 33.6 Å². The molecular formula is C28H19BN2. The van der Waals surface area contributed by atoms with Gasteiger partial charge in [0.2, 0.25) is 0 Å². The molecule has 4 aromatic carbocycles. The fourth-order valence-electron chi connectivity index (χ4n) is 3.65. The Kier molecular flexibility index (Phi) is 5.16. The highest BCUT2D eigenvalue weighted by atomic mass is 14.9. The Morgan fingerprint density at radius 3 is 1.68 bits per heavy atom. The third-order valence-corrected chi connectivity index (χ3v) is 5.21. The van der Waals surface area contributed by atoms with Crippen molar-refractivity contribution in [2.75, 3.05) is 0 Å². The lowest BCUT2D eigenvalue weighted by Crippen LogP contribution is -2.02. The van der Waals surface area contributed by atoms with Crippen molar-refractivity contribution in [2.24, 2.45) is 0 Å². The summed E-state index contributed by atoms with van der Waals surface area (Å²) in [6.45, 7) is 0. The van der Waals surface area contributed by atoms with Crippen LogP contribution in [-0.4, -0.2) is 17.8 Å². The molecule has 2 nitrogen and oxygen atoms in total. The molecule has 0 aliphatic rings. The van der Waals surface area contributed by atoms with Crippen molar-refractivity contribution in [2.45, 2.75) is 0 Å². The molecule has 0 aliphatic heterocycles. The van der Waals surface area contributed by atoms with Gasteiger partial charge >= 0.3 is 0 Å². The van der Waals surface area contributed by atoms with E-state index in [1.54, 1.807) is 0 Å². The second-order valence-electron chi connectivity index (χ2n) is 7.40. The second-order valence-corrected chi connectivity index (χ2v) is 7.40. The normalized spacial score (nSPS) is 10.7. The second kappa shape index (κ2) is 8.41. The average Bonchev–Trinajstić information content (AvgIpc) is 2.85. The van der Waals surface area contributed by atoms with Crippen LogP contribution in [0.2, 0.25) is 0 Å². The number of benzene rings is 4. The zero-order valence-corrected chi connectivity index (χ0v) is 16.9. The van der Waals surface area contributed by atoms with E-state index in [2.05, 4.69) is 66.7 Å². The molecule has 2 radical (unpaired) electrons. The molecular weight excluding hydrogens is 375 g/mol. The highest BCUT2D eigenvalue weighted by molar-refractivity contribution is 6.32. The fraction of sp³-hybridized carbons (Fsp3) is 0. The van der Waals surface area contributed by atoms with E-state index in [-0.39, 0.29) is 0 Å². The van der Waals surface area contributed by atoms with Crippen LogP contribution in [0.1, 0.15) is 0 Å². The van der Waals surface area contributed by atoms with E-state index >= 15 is 0 Å². The van der Waals surface area contributed by atoms with E-state index in [4.69, 9.17) is 17.8 Å². The molecule has 0 amide bonds. The van der Waals surface area contributed by atoms with Gasteiger partial charge in [-0.2, -0.15) is 0 Å². The van der Waals surface area contributed by atoms with Crippen LogP contribution in [0, 0.1) is 0 Å². The summed E-state index contributed by atoms with van der Waals surface area (Å²) in [6.07, 6.45) is 0. The lowest BCUT2D eigenvalue weighted by Gasteiger charge is -2.11. The lowest BCUT2D eigenvalue weighted by atomic mass is 9.94. The summed E-state index contributed by atoms with van der Waals surface area (Å²) >= 11 is 0. The molecule has 0 spiro atoms. The number of rotatable bonds is 4. The number of hydrogen-bond donors (Lipinski definition) is 0. The molecule has 0 fully saturated rings. The quantitative estimate of drug-likeness (QED) is 0.353. The van der Waals surface area contributed by atoms with Gasteiger partial charge in [-0.25, -0.2) is 9.97 Å². The van der Waals surface area contributed by atoms with Crippen LogP contribution in [0.4, 0.5) is 0 Å². The monoisotopic (exact) mass is 394 g/mol. The predicted molar refractivity (Wildman–Crippen MR) is 129 cm³/mol. The topological polar surface area (TPSA) is 25.8 Å². The Bertz CT molecular complexity index is 1330. The van der Waals surface area contributed by atoms with Crippen LogP contribution >= 0.6 is 0 Å². The van der Waals surface area contributed by atoms with Crippen LogP contribution in [0.5, 0.6) is 0 Å². The number of aromatic nitrogens is 2. The first-order chi connectivity index (χ1) is 15.3. The summed E-state index contributed by atoms with van der Waals surface area (Å²) in [4.78, 5) is 9.76. The van der Waals surface area contributed by atoms with Gasteiger partial charge in [-0.3, -0.25) is 0 Å². The van der Waals surface area contributed by atoms with Crippen molar-refractivity contribution in [3.63, 3.8) is 0 Å². The maximum atomic E-state index is 6.02. The zero-order chi connectivity index (χ0) is 21.0. The van der Waals surface area contributed by atoms with E-state index in [1.807, 2.05) is 48.5 Å². The Morgan fingerprint density at radius 1 is 0.419 bits per heavy atom. The molecule has 3 heteroatoms. The standard InChI is InChI=1S/C28H19BN2/c29-25-16-8-15-24(18-25)28-30-26(21-11-5-2-6-12-21)19-27(31-28)23-14-7-13-22(17-23)20-9-3-1-4-10-20/h1-19H. The molecule has 5 aromatic rings. The summed E-state index contributed by atoms with van der Waals surface area (Å²) < 4.78 is 0. The largest absolute Gasteiger partial charge is 0.228 e. The van der Waals surface area contributed by atoms with Crippen molar-refractivity contribution in [3.05, 3.63) is 115 Å². The number of nitrogens with zero attached hydrogens (tertiary/aromatic N) is 2. The van der Waals surface area contributed by atoms with Crippen molar-refractivity contribution in [1.29, 1.82) is 0 Å². The molecule has 0 N–H and O–H groups in total. The van der Waals surface area contributed by atoms with Crippen LogP contribution in [0.3, 0.4) is 0 Å². The molecule has 1 aromatic heterocycles. The minimum Gasteiger partial charge on any atom is -0.228 e. The van der Waals surface area contributed by atoms with Crippen LogP contribution < -0.4 is 5.46 Å². The first-order valence-corrected chi connectivity index (χ1v) is 10.2. The van der Waals surface area contributed by atoms with Crippen LogP contribution in [0.15, 0.2) is 115 Å². The fourth-order valence-corrected chi connectivity index (χ4v) is 3.65. The molecule has 1 heterocycles. The highest BCUT2D eigenvalue weighted by Gasteiger charge is 2.11. The van der Waals surface area contributed by atoms with E-state index in [0.29, 0.717) is 11.3 Å². The van der Waals surface area contributed by atoms with Crippen LogP contribution in [-0.2, 0) is 0 Å². The van der Waals surface area contributed by atoms with E-state index < -0.39 is 0 Å². The molecule has 144 valence electrons. The summed E-state index contributed by atoms with van der Waals surface area (Å²) in [5.74, 6) is 0.661. The SMILES string of the molecule is [B]c1cccc(-c2nc(-c3ccccc3)cc(-c3cccc(-c4ccccc4)c3)n2)c1. The molecule has 0 bridgehead atoms. The Hall–Kier alpha value is -3.98. The zero-order valence-electron chi connectivity index (χ0n) is 16.9. The maximum absolute atomic E-state index is 6.02. The van der Waals surface area contributed by atoms with Gasteiger partial charge in [-0.05, 0) is 23.3 Å². The van der Waals surface area contributed by atoms with Crippen molar-refractivity contribution in [3.8, 4) is 45.0 Å². The smallest absolute Gasteiger partial charge is 0.160 e. The summed E-state index contributed by atoms with van der Waals surface area (Å²) in [7, 11) is 6.02. The Balaban J connectivity index is 1.67. The van der Waals surface area contributed by atoms with Gasteiger partial charge < -0.3 is 0 Å². The van der Waals surface area contributed by atoms with Gasteiger partial charge in [0.25, 0.3) is 0 Å². The maximum Gasteiger partial charge on any atom is 0.160 e. The third kappa shape index (κ3) is 4.17. The molecule has 0 atom stereocenters. The summed E-state index contributed by atoms with van der Waals surface area (Å²) in [6, 6.07) is 38.8. The van der Waals surface area contributed by atoms with Crippen molar-refractivity contribution >= 4 is 13.3 Å². The van der Waals surface area contributed by atoms with Gasteiger partial charge in [-0.15, -0.1) is 0 Å². The summed E-state index contributed by atoms with van der Waals surface area (Å²) in [5, 5.41) is 0. The van der Waals surface area contributed by atoms with E-state index in [1.165, 1.54) is 5.56 Å².